The highest BCUT2D eigenvalue weighted by molar-refractivity contribution is 7.92. The zero-order chi connectivity index (χ0) is 26.1. The second-order valence-corrected chi connectivity index (χ2v) is 9.69. The topological polar surface area (TPSA) is 103 Å². The average molecular weight is 515 g/mol. The second-order valence-electron chi connectivity index (χ2n) is 7.78. The summed E-state index contributed by atoms with van der Waals surface area (Å²) in [4.78, 5) is 12.5. The van der Waals surface area contributed by atoms with Gasteiger partial charge >= 0.3 is 0 Å². The van der Waals surface area contributed by atoms with Crippen molar-refractivity contribution >= 4 is 21.6 Å². The minimum atomic E-state index is -3.64. The molecule has 36 heavy (non-hydrogen) atoms. The molecule has 0 aliphatic heterocycles. The number of carbonyl (C=O) groups is 1. The lowest BCUT2D eigenvalue weighted by Crippen LogP contribution is -2.30. The molecule has 0 unspecified atom stereocenters. The molecule has 0 heterocycles. The van der Waals surface area contributed by atoms with Crippen molar-refractivity contribution in [1.29, 1.82) is 0 Å². The van der Waals surface area contributed by atoms with Crippen molar-refractivity contribution in [2.24, 2.45) is 0 Å². The number of nitrogens with zero attached hydrogens (tertiary/aromatic N) is 1. The summed E-state index contributed by atoms with van der Waals surface area (Å²) in [6, 6.07) is 18.9. The molecule has 0 fully saturated rings. The molecule has 0 saturated carbocycles. The largest absolute Gasteiger partial charge is 0.497 e. The highest BCUT2D eigenvalue weighted by atomic mass is 32.2. The smallest absolute Gasteiger partial charge is 0.251 e. The van der Waals surface area contributed by atoms with Gasteiger partial charge in [-0.2, -0.15) is 0 Å². The summed E-state index contributed by atoms with van der Waals surface area (Å²) in [5.74, 6) is 2.06. The molecule has 0 bridgehead atoms. The number of rotatable bonds is 12. The first-order chi connectivity index (χ1) is 17.2. The summed E-state index contributed by atoms with van der Waals surface area (Å²) < 4.78 is 47.8. The van der Waals surface area contributed by atoms with Crippen LogP contribution in [-0.4, -0.2) is 55.1 Å². The highest BCUT2D eigenvalue weighted by Gasteiger charge is 2.22. The van der Waals surface area contributed by atoms with Gasteiger partial charge in [-0.25, -0.2) is 8.42 Å². The van der Waals surface area contributed by atoms with Gasteiger partial charge in [0, 0.05) is 11.6 Å². The van der Waals surface area contributed by atoms with Crippen LogP contribution in [0.5, 0.6) is 23.0 Å². The third-order valence-corrected chi connectivity index (χ3v) is 6.44. The molecule has 0 atom stereocenters. The number of hydrogen-bond donors (Lipinski definition) is 1. The van der Waals surface area contributed by atoms with Crippen LogP contribution in [0.25, 0.3) is 0 Å². The van der Waals surface area contributed by atoms with E-state index in [0.29, 0.717) is 47.2 Å². The summed E-state index contributed by atoms with van der Waals surface area (Å²) >= 11 is 0. The Morgan fingerprint density at radius 2 is 1.44 bits per heavy atom. The number of carbonyl (C=O) groups excluding carboxylic acids is 1. The molecule has 0 aromatic heterocycles. The third kappa shape index (κ3) is 7.05. The normalized spacial score (nSPS) is 10.9. The number of nitrogens with one attached hydrogen (secondary N) is 1. The SMILES string of the molecule is COc1ccc(OCCNC(=O)c2ccc(CN(c3cc(OC)ccc3OC)S(C)(=O)=O)cc2)cc1. The van der Waals surface area contributed by atoms with Gasteiger partial charge in [-0.15, -0.1) is 0 Å². The van der Waals surface area contributed by atoms with Gasteiger partial charge in [-0.3, -0.25) is 9.10 Å². The van der Waals surface area contributed by atoms with Gasteiger partial charge in [0.25, 0.3) is 5.91 Å². The number of benzene rings is 3. The van der Waals surface area contributed by atoms with Crippen LogP contribution in [0.4, 0.5) is 5.69 Å². The van der Waals surface area contributed by atoms with E-state index in [2.05, 4.69) is 5.32 Å². The molecule has 0 spiro atoms. The number of anilines is 1. The van der Waals surface area contributed by atoms with Crippen molar-refractivity contribution in [2.75, 3.05) is 45.0 Å². The molecule has 9 nitrogen and oxygen atoms in total. The summed E-state index contributed by atoms with van der Waals surface area (Å²) in [6.45, 7) is 0.686. The monoisotopic (exact) mass is 514 g/mol. The minimum absolute atomic E-state index is 0.0555. The zero-order valence-corrected chi connectivity index (χ0v) is 21.5. The van der Waals surface area contributed by atoms with Crippen LogP contribution < -0.4 is 28.6 Å². The summed E-state index contributed by atoms with van der Waals surface area (Å²) in [5, 5.41) is 2.80. The van der Waals surface area contributed by atoms with E-state index in [1.807, 2.05) is 0 Å². The number of amides is 1. The fourth-order valence-electron chi connectivity index (χ4n) is 3.41. The molecular weight excluding hydrogens is 484 g/mol. The Bertz CT molecular complexity index is 1260. The van der Waals surface area contributed by atoms with Crippen LogP contribution in [-0.2, 0) is 16.6 Å². The maximum atomic E-state index is 12.6. The molecule has 1 N–H and O–H groups in total. The first kappa shape index (κ1) is 26.7. The van der Waals surface area contributed by atoms with Gasteiger partial charge in [-0.05, 0) is 54.1 Å². The van der Waals surface area contributed by atoms with E-state index in [9.17, 15) is 13.2 Å². The van der Waals surface area contributed by atoms with Gasteiger partial charge < -0.3 is 24.3 Å². The third-order valence-electron chi connectivity index (χ3n) is 5.31. The van der Waals surface area contributed by atoms with E-state index < -0.39 is 10.0 Å². The van der Waals surface area contributed by atoms with E-state index in [0.717, 1.165) is 12.0 Å². The molecule has 0 aliphatic carbocycles. The predicted molar refractivity (Wildman–Crippen MR) is 138 cm³/mol. The quantitative estimate of drug-likeness (QED) is 0.369. The lowest BCUT2D eigenvalue weighted by Gasteiger charge is -2.25. The fourth-order valence-corrected chi connectivity index (χ4v) is 4.29. The first-order valence-corrected chi connectivity index (χ1v) is 12.9. The average Bonchev–Trinajstić information content (AvgIpc) is 2.89. The Labute approximate surface area is 211 Å². The molecule has 0 radical (unpaired) electrons. The van der Waals surface area contributed by atoms with E-state index >= 15 is 0 Å². The minimum Gasteiger partial charge on any atom is -0.497 e. The Balaban J connectivity index is 1.62. The van der Waals surface area contributed by atoms with Crippen molar-refractivity contribution < 1.29 is 32.2 Å². The molecule has 3 aromatic carbocycles. The van der Waals surface area contributed by atoms with Crippen LogP contribution in [0.3, 0.4) is 0 Å². The fraction of sp³-hybridized carbons (Fsp3) is 0.269. The Hall–Kier alpha value is -3.92. The van der Waals surface area contributed by atoms with Crippen molar-refractivity contribution in [2.45, 2.75) is 6.54 Å². The molecule has 1 amide bonds. The van der Waals surface area contributed by atoms with E-state index in [1.165, 1.54) is 18.5 Å². The summed E-state index contributed by atoms with van der Waals surface area (Å²) in [6.07, 6.45) is 1.13. The van der Waals surface area contributed by atoms with Crippen LogP contribution >= 0.6 is 0 Å². The van der Waals surface area contributed by atoms with Crippen molar-refractivity contribution in [1.82, 2.24) is 5.32 Å². The van der Waals surface area contributed by atoms with Gasteiger partial charge in [0.1, 0.15) is 29.6 Å². The maximum absolute atomic E-state index is 12.6. The van der Waals surface area contributed by atoms with Crippen molar-refractivity contribution in [3.05, 3.63) is 77.9 Å². The standard InChI is InChI=1S/C26H30N2O7S/c1-32-21-9-11-22(12-10-21)35-16-15-27-26(29)20-7-5-19(6-8-20)18-28(36(4,30)31)24-17-23(33-2)13-14-25(24)34-3/h5-14,17H,15-16,18H2,1-4H3,(H,27,29). The van der Waals surface area contributed by atoms with Gasteiger partial charge in [0.2, 0.25) is 10.0 Å². The lowest BCUT2D eigenvalue weighted by atomic mass is 10.1. The first-order valence-electron chi connectivity index (χ1n) is 11.1. The van der Waals surface area contributed by atoms with E-state index in [1.54, 1.807) is 73.8 Å². The maximum Gasteiger partial charge on any atom is 0.251 e. The molecule has 3 rings (SSSR count). The molecule has 10 heteroatoms. The molecule has 192 valence electrons. The van der Waals surface area contributed by atoms with Crippen LogP contribution in [0.1, 0.15) is 15.9 Å². The Morgan fingerprint density at radius 3 is 2.03 bits per heavy atom. The van der Waals surface area contributed by atoms with Crippen LogP contribution in [0, 0.1) is 0 Å². The van der Waals surface area contributed by atoms with Crippen LogP contribution in [0.15, 0.2) is 66.7 Å². The molecule has 0 aliphatic rings. The number of hydrogen-bond acceptors (Lipinski definition) is 7. The zero-order valence-electron chi connectivity index (χ0n) is 20.7. The number of sulfonamides is 1. The number of methoxy groups -OCH3 is 3. The Kier molecular flexibility index (Phi) is 9.02. The van der Waals surface area contributed by atoms with Crippen LogP contribution in [0.2, 0.25) is 0 Å². The van der Waals surface area contributed by atoms with Crippen molar-refractivity contribution in [3.8, 4) is 23.0 Å². The number of ether oxygens (including phenoxy) is 4. The van der Waals surface area contributed by atoms with E-state index in [4.69, 9.17) is 18.9 Å². The van der Waals surface area contributed by atoms with Gasteiger partial charge in [0.05, 0.1) is 46.4 Å². The van der Waals surface area contributed by atoms with Gasteiger partial charge in [-0.1, -0.05) is 12.1 Å². The molecule has 0 saturated heterocycles. The Morgan fingerprint density at radius 1 is 0.833 bits per heavy atom. The van der Waals surface area contributed by atoms with Gasteiger partial charge in [0.15, 0.2) is 0 Å². The predicted octanol–water partition coefficient (Wildman–Crippen LogP) is 3.49. The summed E-state index contributed by atoms with van der Waals surface area (Å²) in [5.41, 5.74) is 1.51. The van der Waals surface area contributed by atoms with E-state index in [-0.39, 0.29) is 12.5 Å². The summed E-state index contributed by atoms with van der Waals surface area (Å²) in [7, 11) is 0.929. The highest BCUT2D eigenvalue weighted by Crippen LogP contribution is 2.34. The van der Waals surface area contributed by atoms with Crippen molar-refractivity contribution in [3.63, 3.8) is 0 Å². The molecular formula is C26H30N2O7S. The molecule has 3 aromatic rings. The second kappa shape index (κ2) is 12.2. The lowest BCUT2D eigenvalue weighted by molar-refractivity contribution is 0.0947.